The van der Waals surface area contributed by atoms with Crippen LogP contribution in [0.1, 0.15) is 27.2 Å². The average molecular weight is 316 g/mol. The van der Waals surface area contributed by atoms with Crippen LogP contribution in [0.2, 0.25) is 0 Å². The number of carbonyl (C=O) groups is 1. The second-order valence-electron chi connectivity index (χ2n) is 6.90. The number of nitriles is 1. The zero-order chi connectivity index (χ0) is 16.1. The van der Waals surface area contributed by atoms with E-state index in [1.54, 1.807) is 20.8 Å². The molecule has 0 aliphatic carbocycles. The molecule has 2 fully saturated rings. The Hall–Kier alpha value is -1.33. The molecule has 2 aliphatic rings. The summed E-state index contributed by atoms with van der Waals surface area (Å²) in [5.41, 5.74) is -3.46. The van der Waals surface area contributed by atoms with E-state index in [4.69, 9.17) is 4.74 Å². The maximum absolute atomic E-state index is 11.9. The Bertz CT molecular complexity index is 595. The Morgan fingerprint density at radius 2 is 1.95 bits per heavy atom. The van der Waals surface area contributed by atoms with Gasteiger partial charge in [0.15, 0.2) is 9.84 Å². The van der Waals surface area contributed by atoms with E-state index < -0.39 is 32.5 Å². The summed E-state index contributed by atoms with van der Waals surface area (Å²) in [6, 6.07) is 1.98. The van der Waals surface area contributed by atoms with Crippen LogP contribution in [0.3, 0.4) is 0 Å². The molecule has 0 saturated carbocycles. The maximum atomic E-state index is 11.9. The third-order valence-electron chi connectivity index (χ3n) is 3.97. The second kappa shape index (κ2) is 4.58. The van der Waals surface area contributed by atoms with Gasteiger partial charge in [-0.15, -0.1) is 0 Å². The van der Waals surface area contributed by atoms with E-state index in [9.17, 15) is 23.6 Å². The summed E-state index contributed by atoms with van der Waals surface area (Å²) in [5.74, 6) is -0.454. The number of carbonyl (C=O) groups excluding carboxylic acids is 1. The number of rotatable bonds is 1. The molecule has 1 atom stereocenters. The summed E-state index contributed by atoms with van der Waals surface area (Å²) >= 11 is 0. The van der Waals surface area contributed by atoms with Crippen LogP contribution in [0.5, 0.6) is 0 Å². The monoisotopic (exact) mass is 316 g/mol. The highest BCUT2D eigenvalue weighted by atomic mass is 32.2. The smallest absolute Gasteiger partial charge is 0.410 e. The van der Waals surface area contributed by atoms with Gasteiger partial charge in [0, 0.05) is 0 Å². The summed E-state index contributed by atoms with van der Waals surface area (Å²) in [5, 5.41) is 19.9. The summed E-state index contributed by atoms with van der Waals surface area (Å²) in [4.78, 5) is 13.1. The second-order valence-corrected chi connectivity index (χ2v) is 9.09. The lowest BCUT2D eigenvalue weighted by Crippen LogP contribution is -2.71. The zero-order valence-electron chi connectivity index (χ0n) is 12.4. The van der Waals surface area contributed by atoms with Crippen molar-refractivity contribution >= 4 is 15.9 Å². The van der Waals surface area contributed by atoms with Gasteiger partial charge < -0.3 is 14.7 Å². The molecule has 2 aliphatic heterocycles. The van der Waals surface area contributed by atoms with Crippen LogP contribution < -0.4 is 0 Å². The van der Waals surface area contributed by atoms with Gasteiger partial charge in [0.2, 0.25) is 0 Å². The molecule has 1 unspecified atom stereocenters. The van der Waals surface area contributed by atoms with Gasteiger partial charge >= 0.3 is 6.09 Å². The molecule has 1 N–H and O–H groups in total. The molecule has 2 rings (SSSR count). The van der Waals surface area contributed by atoms with Gasteiger partial charge in [0.05, 0.1) is 30.7 Å². The maximum Gasteiger partial charge on any atom is 0.410 e. The van der Waals surface area contributed by atoms with Gasteiger partial charge in [-0.05, 0) is 27.2 Å². The summed E-state index contributed by atoms with van der Waals surface area (Å²) in [6.07, 6.45) is -0.467. The average Bonchev–Trinajstić information content (AvgIpc) is 2.60. The van der Waals surface area contributed by atoms with Crippen LogP contribution in [0.15, 0.2) is 0 Å². The molecule has 8 heteroatoms. The van der Waals surface area contributed by atoms with Crippen molar-refractivity contribution in [3.05, 3.63) is 0 Å². The van der Waals surface area contributed by atoms with Crippen molar-refractivity contribution in [1.29, 1.82) is 5.26 Å². The van der Waals surface area contributed by atoms with Gasteiger partial charge in [-0.2, -0.15) is 5.26 Å². The molecule has 0 aromatic carbocycles. The van der Waals surface area contributed by atoms with E-state index in [2.05, 4.69) is 0 Å². The molecule has 7 nitrogen and oxygen atoms in total. The first-order valence-electron chi connectivity index (χ1n) is 6.74. The lowest BCUT2D eigenvalue weighted by molar-refractivity contribution is -0.147. The molecule has 2 heterocycles. The van der Waals surface area contributed by atoms with Crippen LogP contribution in [-0.2, 0) is 14.6 Å². The minimum Gasteiger partial charge on any atom is -0.444 e. The largest absolute Gasteiger partial charge is 0.444 e. The number of amides is 1. The van der Waals surface area contributed by atoms with Crippen LogP contribution in [0.4, 0.5) is 4.79 Å². The quantitative estimate of drug-likeness (QED) is 0.745. The number of sulfone groups is 1. The number of aliphatic hydroxyl groups is 1. The summed E-state index contributed by atoms with van der Waals surface area (Å²) in [6.45, 7) is 5.04. The van der Waals surface area contributed by atoms with Crippen molar-refractivity contribution in [2.75, 3.05) is 24.6 Å². The molecule has 1 amide bonds. The van der Waals surface area contributed by atoms with Crippen molar-refractivity contribution in [2.45, 2.75) is 38.4 Å². The number of hydrogen-bond donors (Lipinski definition) is 1. The SMILES string of the molecule is CC(C)(C)OC(=O)N1CC(O)(C2(C#N)CCS(=O)(=O)C2)C1. The third kappa shape index (κ3) is 2.85. The molecule has 0 spiro atoms. The number of nitrogens with zero attached hydrogens (tertiary/aromatic N) is 2. The lowest BCUT2D eigenvalue weighted by atomic mass is 9.68. The van der Waals surface area contributed by atoms with E-state index in [0.29, 0.717) is 0 Å². The molecular weight excluding hydrogens is 296 g/mol. The Balaban J connectivity index is 2.08. The van der Waals surface area contributed by atoms with Crippen molar-refractivity contribution < 1.29 is 23.1 Å². The molecule has 2 saturated heterocycles. The fourth-order valence-corrected chi connectivity index (χ4v) is 4.78. The number of ether oxygens (including phenoxy) is 1. The predicted molar refractivity (Wildman–Crippen MR) is 74.1 cm³/mol. The minimum absolute atomic E-state index is 0.0784. The van der Waals surface area contributed by atoms with Gasteiger partial charge in [-0.3, -0.25) is 0 Å². The van der Waals surface area contributed by atoms with E-state index in [1.807, 2.05) is 6.07 Å². The minimum atomic E-state index is -3.31. The van der Waals surface area contributed by atoms with Gasteiger partial charge in [-0.1, -0.05) is 0 Å². The summed E-state index contributed by atoms with van der Waals surface area (Å²) in [7, 11) is -3.31. The topological polar surface area (TPSA) is 108 Å². The van der Waals surface area contributed by atoms with Crippen molar-refractivity contribution in [2.24, 2.45) is 5.41 Å². The molecule has 118 valence electrons. The van der Waals surface area contributed by atoms with Crippen molar-refractivity contribution in [1.82, 2.24) is 4.90 Å². The Morgan fingerprint density at radius 3 is 2.33 bits per heavy atom. The molecule has 0 aromatic heterocycles. The lowest BCUT2D eigenvalue weighted by Gasteiger charge is -2.52. The van der Waals surface area contributed by atoms with Gasteiger partial charge in [0.25, 0.3) is 0 Å². The van der Waals surface area contributed by atoms with Crippen LogP contribution in [-0.4, -0.2) is 60.3 Å². The Kier molecular flexibility index (Phi) is 3.50. The van der Waals surface area contributed by atoms with Gasteiger partial charge in [0.1, 0.15) is 16.6 Å². The first-order chi connectivity index (χ1) is 9.42. The molecule has 0 aromatic rings. The standard InChI is InChI=1S/C13H20N2O5S/c1-11(2,3)20-10(16)15-7-13(17,8-15)12(6-14)4-5-21(18,19)9-12/h17H,4-5,7-9H2,1-3H3. The van der Waals surface area contributed by atoms with E-state index in [-0.39, 0.29) is 31.0 Å². The number of β-amino-alcohol motifs (C(OH)–C–C–N with tert-alkyl or cyclic N) is 1. The molecule has 0 radical (unpaired) electrons. The predicted octanol–water partition coefficient (Wildman–Crippen LogP) is 0.297. The molecule has 21 heavy (non-hydrogen) atoms. The van der Waals surface area contributed by atoms with Crippen LogP contribution in [0, 0.1) is 16.7 Å². The van der Waals surface area contributed by atoms with Crippen molar-refractivity contribution in [3.8, 4) is 6.07 Å². The fraction of sp³-hybridized carbons (Fsp3) is 0.846. The zero-order valence-corrected chi connectivity index (χ0v) is 13.2. The van der Waals surface area contributed by atoms with Crippen LogP contribution >= 0.6 is 0 Å². The summed E-state index contributed by atoms with van der Waals surface area (Å²) < 4.78 is 28.4. The normalized spacial score (nSPS) is 30.3. The highest BCUT2D eigenvalue weighted by Crippen LogP contribution is 2.46. The van der Waals surface area contributed by atoms with Crippen molar-refractivity contribution in [3.63, 3.8) is 0 Å². The first-order valence-corrected chi connectivity index (χ1v) is 8.56. The Labute approximate surface area is 124 Å². The van der Waals surface area contributed by atoms with E-state index in [1.165, 1.54) is 4.90 Å². The highest BCUT2D eigenvalue weighted by molar-refractivity contribution is 7.91. The fourth-order valence-electron chi connectivity index (χ4n) is 2.75. The molecule has 0 bridgehead atoms. The van der Waals surface area contributed by atoms with E-state index in [0.717, 1.165) is 0 Å². The van der Waals surface area contributed by atoms with Crippen LogP contribution in [0.25, 0.3) is 0 Å². The Morgan fingerprint density at radius 1 is 1.38 bits per heavy atom. The third-order valence-corrected chi connectivity index (χ3v) is 5.73. The number of hydrogen-bond acceptors (Lipinski definition) is 6. The first kappa shape index (κ1) is 16.0. The van der Waals surface area contributed by atoms with E-state index >= 15 is 0 Å². The van der Waals surface area contributed by atoms with Gasteiger partial charge in [-0.25, -0.2) is 13.2 Å². The highest BCUT2D eigenvalue weighted by Gasteiger charge is 2.63. The molecular formula is C13H20N2O5S. The number of likely N-dealkylation sites (tertiary alicyclic amines) is 1.